The van der Waals surface area contributed by atoms with Gasteiger partial charge in [0.05, 0.1) is 6.04 Å². The molecule has 0 saturated carbocycles. The molecule has 0 aliphatic carbocycles. The van der Waals surface area contributed by atoms with Gasteiger partial charge < -0.3 is 9.47 Å². The predicted molar refractivity (Wildman–Crippen MR) is 151 cm³/mol. The molecule has 1 aliphatic rings. The lowest BCUT2D eigenvalue weighted by Crippen LogP contribution is -2.48. The number of hydrogen-bond donors (Lipinski definition) is 0. The van der Waals surface area contributed by atoms with Crippen LogP contribution in [0.5, 0.6) is 0 Å². The molecular weight excluding hydrogens is 514 g/mol. The number of halogens is 2. The zero-order valence-electron chi connectivity index (χ0n) is 23.5. The number of imidazole rings is 1. The molecule has 0 bridgehead atoms. The summed E-state index contributed by atoms with van der Waals surface area (Å²) in [5.74, 6) is 0.432. The van der Waals surface area contributed by atoms with E-state index in [0.717, 1.165) is 54.2 Å². The first-order chi connectivity index (χ1) is 19.1. The van der Waals surface area contributed by atoms with E-state index < -0.39 is 0 Å². The van der Waals surface area contributed by atoms with Gasteiger partial charge in [0.15, 0.2) is 11.2 Å². The maximum atomic E-state index is 13.6. The van der Waals surface area contributed by atoms with Gasteiger partial charge in [0, 0.05) is 59.8 Å². The van der Waals surface area contributed by atoms with E-state index in [1.165, 1.54) is 31.3 Å². The Morgan fingerprint density at radius 1 is 0.825 bits per heavy atom. The lowest BCUT2D eigenvalue weighted by Gasteiger charge is -2.39. The summed E-state index contributed by atoms with van der Waals surface area (Å²) in [7, 11) is 3.35. The lowest BCUT2D eigenvalue weighted by molar-refractivity contribution is 0.110. The van der Waals surface area contributed by atoms with E-state index in [1.807, 2.05) is 25.5 Å². The molecule has 212 valence electrons. The first-order valence-corrected chi connectivity index (χ1v) is 13.8. The Kier molecular flexibility index (Phi) is 8.00. The summed E-state index contributed by atoms with van der Waals surface area (Å²) >= 11 is 0. The minimum Gasteiger partial charge on any atom is -0.325 e. The molecule has 1 fully saturated rings. The monoisotopic (exact) mass is 550 g/mol. The van der Waals surface area contributed by atoms with Crippen molar-refractivity contribution in [3.05, 3.63) is 98.0 Å². The van der Waals surface area contributed by atoms with E-state index in [-0.39, 0.29) is 34.8 Å². The fourth-order valence-corrected chi connectivity index (χ4v) is 5.63. The molecule has 5 rings (SSSR count). The summed E-state index contributed by atoms with van der Waals surface area (Å²) < 4.78 is 31.9. The average Bonchev–Trinajstić information content (AvgIpc) is 3.27. The summed E-state index contributed by atoms with van der Waals surface area (Å²) in [5.41, 5.74) is 2.16. The van der Waals surface area contributed by atoms with Crippen molar-refractivity contribution >= 4 is 11.2 Å². The van der Waals surface area contributed by atoms with Crippen molar-refractivity contribution in [2.45, 2.75) is 32.9 Å². The first kappa shape index (κ1) is 27.9. The number of nitrogens with zero attached hydrogens (tertiary/aromatic N) is 6. The highest BCUT2D eigenvalue weighted by Gasteiger charge is 2.27. The second kappa shape index (κ2) is 11.5. The molecular formula is C30H36F2N6O2. The predicted octanol–water partition coefficient (Wildman–Crippen LogP) is 3.32. The van der Waals surface area contributed by atoms with Crippen LogP contribution >= 0.6 is 0 Å². The Balaban J connectivity index is 1.31. The highest BCUT2D eigenvalue weighted by molar-refractivity contribution is 5.71. The summed E-state index contributed by atoms with van der Waals surface area (Å²) in [6.45, 7) is 8.54. The van der Waals surface area contributed by atoms with E-state index in [4.69, 9.17) is 4.98 Å². The van der Waals surface area contributed by atoms with Gasteiger partial charge in [0.1, 0.15) is 17.5 Å². The topological polar surface area (TPSA) is 68.3 Å². The van der Waals surface area contributed by atoms with Crippen LogP contribution in [0.1, 0.15) is 36.8 Å². The molecule has 3 heterocycles. The molecule has 2 aromatic heterocycles. The number of piperazine rings is 1. The Bertz CT molecular complexity index is 1550. The van der Waals surface area contributed by atoms with E-state index in [9.17, 15) is 18.4 Å². The first-order valence-electron chi connectivity index (χ1n) is 13.8. The van der Waals surface area contributed by atoms with Crippen LogP contribution in [0.2, 0.25) is 0 Å². The van der Waals surface area contributed by atoms with Crippen molar-refractivity contribution in [2.75, 3.05) is 32.7 Å². The van der Waals surface area contributed by atoms with Crippen LogP contribution in [0, 0.1) is 17.6 Å². The van der Waals surface area contributed by atoms with Crippen LogP contribution in [0.25, 0.3) is 11.2 Å². The largest absolute Gasteiger partial charge is 0.332 e. The van der Waals surface area contributed by atoms with Crippen LogP contribution in [0.4, 0.5) is 8.78 Å². The summed E-state index contributed by atoms with van der Waals surface area (Å²) in [6.07, 6.45) is 0.642. The van der Waals surface area contributed by atoms with E-state index in [1.54, 1.807) is 28.8 Å². The average molecular weight is 551 g/mol. The zero-order valence-corrected chi connectivity index (χ0v) is 23.5. The Labute approximate surface area is 232 Å². The number of benzene rings is 2. The Morgan fingerprint density at radius 3 is 1.90 bits per heavy atom. The molecule has 0 radical (unpaired) electrons. The summed E-state index contributed by atoms with van der Waals surface area (Å²) in [6, 6.07) is 12.9. The molecule has 10 heteroatoms. The minimum absolute atomic E-state index is 0.0999. The van der Waals surface area contributed by atoms with Gasteiger partial charge in [-0.2, -0.15) is 0 Å². The van der Waals surface area contributed by atoms with Crippen LogP contribution in [-0.4, -0.2) is 61.2 Å². The van der Waals surface area contributed by atoms with Crippen molar-refractivity contribution < 1.29 is 8.78 Å². The second-order valence-electron chi connectivity index (χ2n) is 11.0. The molecule has 1 aliphatic heterocycles. The maximum absolute atomic E-state index is 13.6. The molecule has 0 unspecified atom stereocenters. The third kappa shape index (κ3) is 5.51. The standard InChI is InChI=1S/C30H36F2N6O2/c1-20(2)19-38-28-27(29(39)35(4)30(38)40)34(3)25(33-28)13-14-36-15-17-37(18-16-36)26(21-5-9-23(31)10-6-21)22-7-11-24(32)12-8-22/h5-12,20,26H,13-19H2,1-4H3. The van der Waals surface area contributed by atoms with E-state index >= 15 is 0 Å². The molecule has 1 saturated heterocycles. The maximum Gasteiger partial charge on any atom is 0.332 e. The minimum atomic E-state index is -0.344. The molecule has 2 aromatic carbocycles. The lowest BCUT2D eigenvalue weighted by atomic mass is 9.96. The molecule has 0 spiro atoms. The van der Waals surface area contributed by atoms with Gasteiger partial charge >= 0.3 is 5.69 Å². The fourth-order valence-electron chi connectivity index (χ4n) is 5.63. The van der Waals surface area contributed by atoms with Gasteiger partial charge in [-0.3, -0.25) is 18.8 Å². The Hall–Kier alpha value is -3.63. The van der Waals surface area contributed by atoms with Crippen LogP contribution in [0.15, 0.2) is 58.1 Å². The van der Waals surface area contributed by atoms with Crippen molar-refractivity contribution in [1.29, 1.82) is 0 Å². The number of aromatic nitrogens is 4. The van der Waals surface area contributed by atoms with E-state index in [2.05, 4.69) is 9.80 Å². The normalized spacial score (nSPS) is 15.1. The van der Waals surface area contributed by atoms with Gasteiger partial charge in [0.25, 0.3) is 5.56 Å². The summed E-state index contributed by atoms with van der Waals surface area (Å²) in [4.78, 5) is 35.2. The Morgan fingerprint density at radius 2 is 1.38 bits per heavy atom. The van der Waals surface area contributed by atoms with Crippen LogP contribution in [-0.2, 0) is 27.1 Å². The second-order valence-corrected chi connectivity index (χ2v) is 11.0. The van der Waals surface area contributed by atoms with Gasteiger partial charge in [-0.1, -0.05) is 38.1 Å². The molecule has 0 N–H and O–H groups in total. The third-order valence-electron chi connectivity index (χ3n) is 7.79. The highest BCUT2D eigenvalue weighted by Crippen LogP contribution is 2.30. The van der Waals surface area contributed by atoms with Gasteiger partial charge in [0.2, 0.25) is 0 Å². The number of hydrogen-bond acceptors (Lipinski definition) is 5. The third-order valence-corrected chi connectivity index (χ3v) is 7.79. The smallest absolute Gasteiger partial charge is 0.325 e. The molecule has 0 atom stereocenters. The van der Waals surface area contributed by atoms with E-state index in [0.29, 0.717) is 24.1 Å². The molecule has 0 amide bonds. The SMILES string of the molecule is CC(C)Cn1c(=O)n(C)c(=O)c2c1nc(CCN1CCN(C(c3ccc(F)cc3)c3ccc(F)cc3)CC1)n2C. The van der Waals surface area contributed by atoms with Crippen LogP contribution < -0.4 is 11.2 Å². The highest BCUT2D eigenvalue weighted by atomic mass is 19.1. The summed E-state index contributed by atoms with van der Waals surface area (Å²) in [5, 5.41) is 0. The van der Waals surface area contributed by atoms with Crippen LogP contribution in [0.3, 0.4) is 0 Å². The molecule has 40 heavy (non-hydrogen) atoms. The van der Waals surface area contributed by atoms with Crippen molar-refractivity contribution in [2.24, 2.45) is 20.0 Å². The van der Waals surface area contributed by atoms with Crippen molar-refractivity contribution in [3.63, 3.8) is 0 Å². The molecule has 8 nitrogen and oxygen atoms in total. The van der Waals surface area contributed by atoms with Gasteiger partial charge in [-0.25, -0.2) is 18.6 Å². The van der Waals surface area contributed by atoms with Gasteiger partial charge in [-0.05, 0) is 41.3 Å². The van der Waals surface area contributed by atoms with Gasteiger partial charge in [-0.15, -0.1) is 0 Å². The zero-order chi connectivity index (χ0) is 28.6. The fraction of sp³-hybridized carbons (Fsp3) is 0.433. The quantitative estimate of drug-likeness (QED) is 0.337. The number of fused-ring (bicyclic) bond motifs is 1. The number of aryl methyl sites for hydroxylation is 1. The number of rotatable bonds is 8. The van der Waals surface area contributed by atoms with Crippen molar-refractivity contribution in [1.82, 2.24) is 28.5 Å². The van der Waals surface area contributed by atoms with Crippen molar-refractivity contribution in [3.8, 4) is 0 Å². The molecule has 4 aromatic rings.